The number of halogens is 3. The van der Waals surface area contributed by atoms with Crippen LogP contribution in [0.2, 0.25) is 0 Å². The Bertz CT molecular complexity index is 1840. The fourth-order valence-corrected chi connectivity index (χ4v) is 8.54. The molecule has 2 aromatic heterocycles. The molecule has 5 atom stereocenters. The van der Waals surface area contributed by atoms with Crippen LogP contribution < -0.4 is 19.7 Å². The molecular formula is C33H33F3N6O2. The summed E-state index contributed by atoms with van der Waals surface area (Å²) in [6.45, 7) is 4.22. The number of rotatable bonds is 4. The van der Waals surface area contributed by atoms with Crippen molar-refractivity contribution >= 4 is 27.5 Å². The molecule has 9 rings (SSSR count). The molecule has 4 aromatic rings. The first-order valence-electron chi connectivity index (χ1n) is 15.7. The number of aromatic nitrogens is 3. The monoisotopic (exact) mass is 602 g/mol. The predicted octanol–water partition coefficient (Wildman–Crippen LogP) is 5.09. The SMILES string of the molecule is Cc1c(F)ccc2cccc(-c3nc4c5c(nc(OC[C@@]67CCCN6C[C@H](F)C7)nc5c3F)N3CC5CCC(N5)C3CO4)c12. The minimum absolute atomic E-state index is 0.0275. The van der Waals surface area contributed by atoms with Gasteiger partial charge in [-0.3, -0.25) is 4.90 Å². The van der Waals surface area contributed by atoms with E-state index in [2.05, 4.69) is 20.1 Å². The van der Waals surface area contributed by atoms with E-state index in [-0.39, 0.29) is 47.6 Å². The summed E-state index contributed by atoms with van der Waals surface area (Å²) in [5, 5.41) is 5.48. The minimum Gasteiger partial charge on any atom is -0.475 e. The van der Waals surface area contributed by atoms with E-state index in [1.165, 1.54) is 6.07 Å². The van der Waals surface area contributed by atoms with Crippen molar-refractivity contribution in [3.8, 4) is 23.1 Å². The number of aryl methyl sites for hydroxylation is 1. The van der Waals surface area contributed by atoms with Crippen molar-refractivity contribution in [2.45, 2.75) is 68.9 Å². The molecule has 228 valence electrons. The molecule has 44 heavy (non-hydrogen) atoms. The maximum absolute atomic E-state index is 16.9. The van der Waals surface area contributed by atoms with Crippen LogP contribution in [0.5, 0.6) is 11.9 Å². The van der Waals surface area contributed by atoms with E-state index < -0.39 is 17.5 Å². The van der Waals surface area contributed by atoms with Crippen LogP contribution in [0.3, 0.4) is 0 Å². The first-order chi connectivity index (χ1) is 21.4. The van der Waals surface area contributed by atoms with E-state index in [1.54, 1.807) is 19.1 Å². The summed E-state index contributed by atoms with van der Waals surface area (Å²) in [5.41, 5.74) is 0.575. The number of hydrogen-bond donors (Lipinski definition) is 1. The molecule has 7 heterocycles. The zero-order valence-corrected chi connectivity index (χ0v) is 24.5. The van der Waals surface area contributed by atoms with Gasteiger partial charge in [0.2, 0.25) is 5.88 Å². The second-order valence-electron chi connectivity index (χ2n) is 13.2. The molecule has 0 amide bonds. The van der Waals surface area contributed by atoms with Gasteiger partial charge in [-0.1, -0.05) is 24.3 Å². The second-order valence-corrected chi connectivity index (χ2v) is 13.2. The van der Waals surface area contributed by atoms with Gasteiger partial charge < -0.3 is 19.7 Å². The number of anilines is 1. The topological polar surface area (TPSA) is 75.6 Å². The molecule has 4 fully saturated rings. The fraction of sp³-hybridized carbons (Fsp3) is 0.485. The summed E-state index contributed by atoms with van der Waals surface area (Å²) in [4.78, 5) is 18.7. The molecule has 0 aliphatic carbocycles. The molecule has 0 saturated carbocycles. The lowest BCUT2D eigenvalue weighted by atomic mass is 9.95. The average Bonchev–Trinajstić information content (AvgIpc) is 3.66. The van der Waals surface area contributed by atoms with Crippen molar-refractivity contribution < 1.29 is 22.6 Å². The molecule has 1 N–H and O–H groups in total. The first kappa shape index (κ1) is 26.7. The van der Waals surface area contributed by atoms with Crippen LogP contribution in [0.15, 0.2) is 30.3 Å². The predicted molar refractivity (Wildman–Crippen MR) is 160 cm³/mol. The number of hydrogen-bond acceptors (Lipinski definition) is 8. The van der Waals surface area contributed by atoms with Crippen molar-refractivity contribution in [1.29, 1.82) is 0 Å². The highest BCUT2D eigenvalue weighted by atomic mass is 19.1. The van der Waals surface area contributed by atoms with E-state index >= 15 is 4.39 Å². The Morgan fingerprint density at radius 1 is 1.09 bits per heavy atom. The lowest BCUT2D eigenvalue weighted by Gasteiger charge is -2.40. The van der Waals surface area contributed by atoms with Crippen molar-refractivity contribution in [3.05, 3.63) is 47.5 Å². The maximum Gasteiger partial charge on any atom is 0.319 e. The molecule has 8 nitrogen and oxygen atoms in total. The van der Waals surface area contributed by atoms with Crippen LogP contribution >= 0.6 is 0 Å². The Morgan fingerprint density at radius 3 is 2.91 bits per heavy atom. The normalized spacial score (nSPS) is 29.1. The fourth-order valence-electron chi connectivity index (χ4n) is 8.54. The van der Waals surface area contributed by atoms with E-state index in [1.807, 2.05) is 12.1 Å². The van der Waals surface area contributed by atoms with Crippen LogP contribution in [0, 0.1) is 18.6 Å². The van der Waals surface area contributed by atoms with Crippen molar-refractivity contribution in [3.63, 3.8) is 0 Å². The Kier molecular flexibility index (Phi) is 5.85. The maximum atomic E-state index is 16.9. The zero-order valence-electron chi connectivity index (χ0n) is 24.5. The molecule has 2 bridgehead atoms. The number of ether oxygens (including phenoxy) is 2. The standard InChI is InChI=1S/C33H33F3N6O2/c1-17-22(35)8-6-18-4-2-5-21(25(17)18)28-27(36)29-26-30(42-14-20-7-9-23(37-20)24(42)15-43-31(26)38-28)40-32(39-29)44-16-33-10-3-11-41(33)13-19(34)12-33/h2,4-6,8,19-20,23-24,37H,3,7,9-16H2,1H3/t19-,20?,23?,24?,33+/m1/s1. The van der Waals surface area contributed by atoms with Gasteiger partial charge in [0.15, 0.2) is 5.82 Å². The third kappa shape index (κ3) is 3.87. The van der Waals surface area contributed by atoms with Crippen molar-refractivity contribution in [1.82, 2.24) is 25.2 Å². The van der Waals surface area contributed by atoms with Crippen LogP contribution in [0.25, 0.3) is 32.9 Å². The van der Waals surface area contributed by atoms with Gasteiger partial charge >= 0.3 is 6.01 Å². The summed E-state index contributed by atoms with van der Waals surface area (Å²) >= 11 is 0. The van der Waals surface area contributed by atoms with Crippen molar-refractivity contribution in [2.24, 2.45) is 0 Å². The molecular weight excluding hydrogens is 569 g/mol. The summed E-state index contributed by atoms with van der Waals surface area (Å²) in [7, 11) is 0. The van der Waals surface area contributed by atoms with Gasteiger partial charge in [-0.05, 0) is 61.6 Å². The zero-order chi connectivity index (χ0) is 29.7. The van der Waals surface area contributed by atoms with E-state index in [4.69, 9.17) is 19.4 Å². The lowest BCUT2D eigenvalue weighted by Crippen LogP contribution is -2.60. The third-order valence-corrected chi connectivity index (χ3v) is 10.7. The molecule has 11 heteroatoms. The summed E-state index contributed by atoms with van der Waals surface area (Å²) in [6, 6.07) is 9.08. The summed E-state index contributed by atoms with van der Waals surface area (Å²) < 4.78 is 58.8. The Labute approximate surface area is 252 Å². The van der Waals surface area contributed by atoms with Gasteiger partial charge in [-0.2, -0.15) is 9.97 Å². The van der Waals surface area contributed by atoms with Gasteiger partial charge in [-0.25, -0.2) is 18.2 Å². The number of nitrogens with zero attached hydrogens (tertiary/aromatic N) is 5. The smallest absolute Gasteiger partial charge is 0.319 e. The number of pyridine rings is 1. The van der Waals surface area contributed by atoms with Gasteiger partial charge in [0.25, 0.3) is 0 Å². The lowest BCUT2D eigenvalue weighted by molar-refractivity contribution is 0.107. The largest absolute Gasteiger partial charge is 0.475 e. The number of alkyl halides is 1. The third-order valence-electron chi connectivity index (χ3n) is 10.7. The Hall–Kier alpha value is -3.70. The number of nitrogens with one attached hydrogen (secondary N) is 1. The van der Waals surface area contributed by atoms with E-state index in [9.17, 15) is 8.78 Å². The molecule has 2 aromatic carbocycles. The Morgan fingerprint density at radius 2 is 2.00 bits per heavy atom. The van der Waals surface area contributed by atoms with Crippen LogP contribution in [-0.2, 0) is 0 Å². The van der Waals surface area contributed by atoms with Crippen LogP contribution in [0.4, 0.5) is 19.0 Å². The molecule has 3 unspecified atom stereocenters. The highest BCUT2D eigenvalue weighted by Crippen LogP contribution is 2.45. The summed E-state index contributed by atoms with van der Waals surface area (Å²) in [6.07, 6.45) is 3.41. The van der Waals surface area contributed by atoms with Gasteiger partial charge in [0, 0.05) is 37.2 Å². The van der Waals surface area contributed by atoms with E-state index in [0.717, 1.165) is 37.6 Å². The number of benzene rings is 2. The highest BCUT2D eigenvalue weighted by molar-refractivity contribution is 6.02. The van der Waals surface area contributed by atoms with Gasteiger partial charge in [0.05, 0.1) is 11.6 Å². The quantitative estimate of drug-likeness (QED) is 0.347. The Balaban J connectivity index is 1.23. The molecule has 0 radical (unpaired) electrons. The van der Waals surface area contributed by atoms with Crippen molar-refractivity contribution in [2.75, 3.05) is 37.7 Å². The van der Waals surface area contributed by atoms with Crippen LogP contribution in [0.1, 0.15) is 37.7 Å². The summed E-state index contributed by atoms with van der Waals surface area (Å²) in [5.74, 6) is -0.206. The molecule has 5 aliphatic heterocycles. The molecule has 4 saturated heterocycles. The highest BCUT2D eigenvalue weighted by Gasteiger charge is 2.50. The number of piperazine rings is 1. The minimum atomic E-state index is -0.891. The van der Waals surface area contributed by atoms with Gasteiger partial charge in [-0.15, -0.1) is 0 Å². The average molecular weight is 603 g/mol. The molecule has 0 spiro atoms. The van der Waals surface area contributed by atoms with E-state index in [0.29, 0.717) is 59.9 Å². The second kappa shape index (κ2) is 9.65. The molecule has 5 aliphatic rings. The number of fused-ring (bicyclic) bond motifs is 7. The van der Waals surface area contributed by atoms with Crippen LogP contribution in [-0.4, -0.2) is 82.5 Å². The first-order valence-corrected chi connectivity index (χ1v) is 15.7. The van der Waals surface area contributed by atoms with Gasteiger partial charge in [0.1, 0.15) is 47.6 Å².